The largest absolute Gasteiger partial charge is 0.466 e. The molecule has 0 saturated carbocycles. The van der Waals surface area contributed by atoms with E-state index in [4.69, 9.17) is 31.7 Å². The van der Waals surface area contributed by atoms with Crippen molar-refractivity contribution in [1.82, 2.24) is 0 Å². The molecular formula is C21H37ClN2O10. The molecule has 0 aromatic heterocycles. The Bertz CT molecular complexity index is 660. The number of ether oxygens (including phenoxy) is 3. The number of carbonyl (C=O) groups excluding carboxylic acids is 3. The van der Waals surface area contributed by atoms with Crippen LogP contribution >= 0.6 is 11.6 Å². The Kier molecular flexibility index (Phi) is 26.1. The van der Waals surface area contributed by atoms with Gasteiger partial charge in [-0.15, -0.1) is 11.6 Å². The summed E-state index contributed by atoms with van der Waals surface area (Å²) >= 11 is 5.53. The summed E-state index contributed by atoms with van der Waals surface area (Å²) in [5, 5.41) is 24.2. The van der Waals surface area contributed by atoms with Gasteiger partial charge in [-0.2, -0.15) is 0 Å². The van der Waals surface area contributed by atoms with Crippen molar-refractivity contribution in [3.8, 4) is 0 Å². The second-order valence-corrected chi connectivity index (χ2v) is 7.33. The predicted molar refractivity (Wildman–Crippen MR) is 128 cm³/mol. The number of nitrogens with zero attached hydrogens (tertiary/aromatic N) is 2. The Hall–Kier alpha value is -2.96. The molecular weight excluding hydrogens is 476 g/mol. The van der Waals surface area contributed by atoms with Gasteiger partial charge in [-0.1, -0.05) is 19.7 Å². The van der Waals surface area contributed by atoms with Gasteiger partial charge in [0.05, 0.1) is 38.8 Å². The summed E-state index contributed by atoms with van der Waals surface area (Å²) in [6, 6.07) is 0. The van der Waals surface area contributed by atoms with E-state index in [2.05, 4.69) is 29.2 Å². The lowest BCUT2D eigenvalue weighted by Crippen LogP contribution is -2.48. The molecule has 1 N–H and O–H groups in total. The van der Waals surface area contributed by atoms with Gasteiger partial charge in [-0.05, 0) is 20.8 Å². The standard InChI is InChI=1S/C11H21ClNO3.2C5H8O2.NO3/c1-9(2)11(15)16-6-5-13(3,4)8-10(14)7-12;1-4(2)5(6)7-3;1-3-5(6)7-4-2;2-1(3)4/h10,14H,1,5-8H2,2-4H3;1H2,2-3H3;3H,1,4H2,2H3;/q+1;;;-1. The van der Waals surface area contributed by atoms with Crippen molar-refractivity contribution in [3.05, 3.63) is 52.3 Å². The molecule has 0 bridgehead atoms. The van der Waals surface area contributed by atoms with E-state index >= 15 is 0 Å². The molecule has 0 fully saturated rings. The zero-order valence-electron chi connectivity index (χ0n) is 20.7. The Morgan fingerprint density at radius 3 is 1.79 bits per heavy atom. The van der Waals surface area contributed by atoms with E-state index in [-0.39, 0.29) is 23.8 Å². The number of methoxy groups -OCH3 is 1. The van der Waals surface area contributed by atoms with Crippen LogP contribution in [-0.4, -0.2) is 92.1 Å². The van der Waals surface area contributed by atoms with Crippen LogP contribution in [0.4, 0.5) is 0 Å². The smallest absolute Gasteiger partial charge is 0.333 e. The Morgan fingerprint density at radius 2 is 1.56 bits per heavy atom. The number of esters is 3. The van der Waals surface area contributed by atoms with Gasteiger partial charge in [0.25, 0.3) is 0 Å². The minimum Gasteiger partial charge on any atom is -0.466 e. The van der Waals surface area contributed by atoms with Gasteiger partial charge in [-0.3, -0.25) is 0 Å². The van der Waals surface area contributed by atoms with Crippen LogP contribution < -0.4 is 0 Å². The summed E-state index contributed by atoms with van der Waals surface area (Å²) < 4.78 is 14.2. The molecule has 0 heterocycles. The summed E-state index contributed by atoms with van der Waals surface area (Å²) in [6.45, 7) is 16.9. The minimum atomic E-state index is -1.75. The number of hydrogen-bond acceptors (Lipinski definition) is 10. The number of halogens is 1. The molecule has 0 amide bonds. The average molecular weight is 513 g/mol. The summed E-state index contributed by atoms with van der Waals surface area (Å²) in [5.41, 5.74) is 0.827. The highest BCUT2D eigenvalue weighted by Gasteiger charge is 2.20. The second kappa shape index (κ2) is 23.2. The third kappa shape index (κ3) is 33.7. The maximum Gasteiger partial charge on any atom is 0.333 e. The number of hydrogen-bond donors (Lipinski definition) is 1. The number of likely N-dealkylation sites (N-methyl/N-ethyl adjacent to an activating group) is 1. The lowest BCUT2D eigenvalue weighted by Gasteiger charge is -2.31. The van der Waals surface area contributed by atoms with Crippen molar-refractivity contribution in [1.29, 1.82) is 0 Å². The SMILES string of the molecule is C=C(C)C(=O)OC.C=C(C)C(=O)OCC[N+](C)(C)CC(O)CCl.C=CC(=O)OCC.O=[N+]([O-])[O-]. The first-order chi connectivity index (χ1) is 15.5. The van der Waals surface area contributed by atoms with Crippen LogP contribution in [0.25, 0.3) is 0 Å². The molecule has 13 heteroatoms. The van der Waals surface area contributed by atoms with Gasteiger partial charge in [0, 0.05) is 17.2 Å². The number of carbonyl (C=O) groups is 3. The van der Waals surface area contributed by atoms with Crippen LogP contribution in [0.15, 0.2) is 37.0 Å². The Labute approximate surface area is 205 Å². The van der Waals surface area contributed by atoms with Gasteiger partial charge in [0.1, 0.15) is 25.8 Å². The van der Waals surface area contributed by atoms with Gasteiger partial charge in [-0.25, -0.2) is 14.4 Å². The molecule has 198 valence electrons. The minimum absolute atomic E-state index is 0.216. The van der Waals surface area contributed by atoms with Crippen molar-refractivity contribution < 1.29 is 43.3 Å². The number of aliphatic hydroxyl groups is 1. The molecule has 0 aromatic carbocycles. The molecule has 0 rings (SSSR count). The molecule has 0 radical (unpaired) electrons. The predicted octanol–water partition coefficient (Wildman–Crippen LogP) is 2.01. The summed E-state index contributed by atoms with van der Waals surface area (Å²) in [4.78, 5) is 39.6. The van der Waals surface area contributed by atoms with Crippen LogP contribution in [0.5, 0.6) is 0 Å². The molecule has 12 nitrogen and oxygen atoms in total. The Balaban J connectivity index is -0.000000207. The zero-order valence-corrected chi connectivity index (χ0v) is 21.5. The van der Waals surface area contributed by atoms with Crippen LogP contribution in [0.3, 0.4) is 0 Å². The summed E-state index contributed by atoms with van der Waals surface area (Å²) in [6.07, 6.45) is 0.609. The normalized spacial score (nSPS) is 10.1. The molecule has 0 aliphatic heterocycles. The van der Waals surface area contributed by atoms with Crippen LogP contribution in [0.2, 0.25) is 0 Å². The maximum absolute atomic E-state index is 11.1. The first kappa shape index (κ1) is 38.3. The number of alkyl halides is 1. The van der Waals surface area contributed by atoms with Gasteiger partial charge < -0.3 is 39.1 Å². The van der Waals surface area contributed by atoms with Crippen molar-refractivity contribution in [2.45, 2.75) is 26.9 Å². The molecule has 0 aliphatic rings. The number of rotatable bonds is 10. The fourth-order valence-electron chi connectivity index (χ4n) is 1.59. The van der Waals surface area contributed by atoms with E-state index < -0.39 is 11.2 Å². The second-order valence-electron chi connectivity index (χ2n) is 7.02. The van der Waals surface area contributed by atoms with Crippen LogP contribution in [0, 0.1) is 15.3 Å². The molecule has 0 saturated heterocycles. The van der Waals surface area contributed by atoms with Gasteiger partial charge >= 0.3 is 17.9 Å². The van der Waals surface area contributed by atoms with Crippen molar-refractivity contribution in [2.75, 3.05) is 53.4 Å². The highest BCUT2D eigenvalue weighted by atomic mass is 35.5. The van der Waals surface area contributed by atoms with Crippen LogP contribution in [-0.2, 0) is 28.6 Å². The van der Waals surface area contributed by atoms with Crippen LogP contribution in [0.1, 0.15) is 20.8 Å². The molecule has 1 unspecified atom stereocenters. The fraction of sp³-hybridized carbons (Fsp3) is 0.571. The topological polar surface area (TPSA) is 165 Å². The van der Waals surface area contributed by atoms with E-state index in [0.717, 1.165) is 6.08 Å². The van der Waals surface area contributed by atoms with Crippen molar-refractivity contribution >= 4 is 29.5 Å². The first-order valence-corrected chi connectivity index (χ1v) is 10.3. The summed E-state index contributed by atoms with van der Waals surface area (Å²) in [5.74, 6) is -0.867. The molecule has 1 atom stereocenters. The quantitative estimate of drug-likeness (QED) is 0.0869. The molecule has 0 aromatic rings. The monoisotopic (exact) mass is 512 g/mol. The van der Waals surface area contributed by atoms with E-state index in [1.54, 1.807) is 20.8 Å². The zero-order chi connectivity index (χ0) is 27.9. The van der Waals surface area contributed by atoms with E-state index in [1.165, 1.54) is 7.11 Å². The third-order valence-electron chi connectivity index (χ3n) is 3.15. The maximum atomic E-state index is 11.1. The molecule has 0 spiro atoms. The van der Waals surface area contributed by atoms with E-state index in [0.29, 0.717) is 41.9 Å². The van der Waals surface area contributed by atoms with Crippen molar-refractivity contribution in [3.63, 3.8) is 0 Å². The van der Waals surface area contributed by atoms with E-state index in [9.17, 15) is 19.5 Å². The Morgan fingerprint density at radius 1 is 1.12 bits per heavy atom. The lowest BCUT2D eigenvalue weighted by atomic mass is 10.3. The fourth-order valence-corrected chi connectivity index (χ4v) is 1.69. The van der Waals surface area contributed by atoms with E-state index in [1.807, 2.05) is 14.1 Å². The van der Waals surface area contributed by atoms with Gasteiger partial charge in [0.2, 0.25) is 0 Å². The number of aliphatic hydroxyl groups excluding tert-OH is 1. The number of quaternary nitrogens is 1. The highest BCUT2D eigenvalue weighted by Crippen LogP contribution is 2.02. The third-order valence-corrected chi connectivity index (χ3v) is 3.50. The highest BCUT2D eigenvalue weighted by molar-refractivity contribution is 6.18. The summed E-state index contributed by atoms with van der Waals surface area (Å²) in [7, 11) is 5.23. The van der Waals surface area contributed by atoms with Gasteiger partial charge in [0.15, 0.2) is 0 Å². The first-order valence-electron chi connectivity index (χ1n) is 9.74. The molecule has 0 aliphatic carbocycles. The van der Waals surface area contributed by atoms with Crippen molar-refractivity contribution in [2.24, 2.45) is 0 Å². The lowest BCUT2D eigenvalue weighted by molar-refractivity contribution is -0.893. The average Bonchev–Trinajstić information content (AvgIpc) is 2.72. The molecule has 34 heavy (non-hydrogen) atoms.